The van der Waals surface area contributed by atoms with E-state index in [1.807, 2.05) is 4.90 Å². The quantitative estimate of drug-likeness (QED) is 0.833. The van der Waals surface area contributed by atoms with E-state index in [2.05, 4.69) is 6.92 Å². The molecule has 4 heteroatoms. The van der Waals surface area contributed by atoms with Crippen LogP contribution in [0.4, 0.5) is 0 Å². The Kier molecular flexibility index (Phi) is 4.48. The zero-order valence-corrected chi connectivity index (χ0v) is 11.9. The van der Waals surface area contributed by atoms with Gasteiger partial charge in [-0.2, -0.15) is 0 Å². The molecule has 1 N–H and O–H groups in total. The first kappa shape index (κ1) is 14.4. The molecule has 1 atom stereocenters. The van der Waals surface area contributed by atoms with Crippen molar-refractivity contribution in [3.05, 3.63) is 0 Å². The van der Waals surface area contributed by atoms with Crippen LogP contribution in [0, 0.1) is 11.3 Å². The predicted octanol–water partition coefficient (Wildman–Crippen LogP) is 2.67. The Balaban J connectivity index is 1.90. The third kappa shape index (κ3) is 3.10. The summed E-state index contributed by atoms with van der Waals surface area (Å²) in [5.41, 5.74) is -0.741. The largest absolute Gasteiger partial charge is 0.481 e. The van der Waals surface area contributed by atoms with Crippen molar-refractivity contribution in [3.8, 4) is 0 Å². The molecule has 0 aromatic rings. The van der Waals surface area contributed by atoms with Crippen LogP contribution in [-0.4, -0.2) is 35.0 Å². The minimum absolute atomic E-state index is 0.0582. The van der Waals surface area contributed by atoms with Crippen LogP contribution in [0.5, 0.6) is 0 Å². The van der Waals surface area contributed by atoms with Crippen LogP contribution in [0.2, 0.25) is 0 Å². The lowest BCUT2D eigenvalue weighted by molar-refractivity contribution is -0.160. The fourth-order valence-electron chi connectivity index (χ4n) is 3.41. The maximum absolute atomic E-state index is 12.3. The van der Waals surface area contributed by atoms with E-state index in [0.717, 1.165) is 32.4 Å². The molecule has 1 aliphatic carbocycles. The summed E-state index contributed by atoms with van der Waals surface area (Å²) >= 11 is 0. The highest BCUT2D eigenvalue weighted by molar-refractivity contribution is 5.85. The molecule has 19 heavy (non-hydrogen) atoms. The normalized spacial score (nSPS) is 25.7. The number of nitrogens with zero attached hydrogens (tertiary/aromatic N) is 1. The number of carboxylic acids is 1. The van der Waals surface area contributed by atoms with E-state index < -0.39 is 11.4 Å². The van der Waals surface area contributed by atoms with Crippen molar-refractivity contribution in [3.63, 3.8) is 0 Å². The molecule has 1 saturated carbocycles. The van der Waals surface area contributed by atoms with Gasteiger partial charge in [0.2, 0.25) is 5.91 Å². The Morgan fingerprint density at radius 1 is 1.32 bits per heavy atom. The molecule has 1 amide bonds. The molecule has 1 heterocycles. The van der Waals surface area contributed by atoms with Gasteiger partial charge in [0.1, 0.15) is 0 Å². The lowest BCUT2D eigenvalue weighted by atomic mass is 9.66. The van der Waals surface area contributed by atoms with E-state index in [1.54, 1.807) is 0 Å². The molecule has 1 unspecified atom stereocenters. The first-order valence-electron chi connectivity index (χ1n) is 7.58. The number of hydrogen-bond acceptors (Lipinski definition) is 2. The third-order valence-corrected chi connectivity index (χ3v) is 4.82. The number of hydrogen-bond donors (Lipinski definition) is 1. The molecule has 1 aliphatic heterocycles. The number of carbonyl (C=O) groups excluding carboxylic acids is 1. The van der Waals surface area contributed by atoms with Crippen molar-refractivity contribution in [1.29, 1.82) is 0 Å². The molecule has 0 spiro atoms. The SMILES string of the molecule is CCCC1CCCN(C(=O)CC2(C(=O)O)CCC2)C1. The number of carbonyl (C=O) groups is 2. The molecular weight excluding hydrogens is 242 g/mol. The summed E-state index contributed by atoms with van der Waals surface area (Å²) in [5.74, 6) is -0.109. The Morgan fingerprint density at radius 3 is 2.58 bits per heavy atom. The molecule has 4 nitrogen and oxygen atoms in total. The van der Waals surface area contributed by atoms with E-state index in [4.69, 9.17) is 0 Å². The van der Waals surface area contributed by atoms with E-state index in [-0.39, 0.29) is 12.3 Å². The lowest BCUT2D eigenvalue weighted by Gasteiger charge is -2.40. The Bertz CT molecular complexity index is 347. The third-order valence-electron chi connectivity index (χ3n) is 4.82. The first-order valence-corrected chi connectivity index (χ1v) is 7.58. The minimum Gasteiger partial charge on any atom is -0.481 e. The molecule has 2 aliphatic rings. The second-order valence-electron chi connectivity index (χ2n) is 6.25. The summed E-state index contributed by atoms with van der Waals surface area (Å²) in [6.45, 7) is 3.83. The van der Waals surface area contributed by atoms with Gasteiger partial charge in [-0.15, -0.1) is 0 Å². The maximum atomic E-state index is 12.3. The van der Waals surface area contributed by atoms with Crippen molar-refractivity contribution >= 4 is 11.9 Å². The molecule has 108 valence electrons. The summed E-state index contributed by atoms with van der Waals surface area (Å²) in [5, 5.41) is 9.30. The number of piperidine rings is 1. The van der Waals surface area contributed by atoms with Gasteiger partial charge >= 0.3 is 5.97 Å². The van der Waals surface area contributed by atoms with Crippen LogP contribution in [0.25, 0.3) is 0 Å². The summed E-state index contributed by atoms with van der Waals surface area (Å²) in [6.07, 6.45) is 7.09. The molecule has 2 rings (SSSR count). The molecule has 0 radical (unpaired) electrons. The maximum Gasteiger partial charge on any atom is 0.310 e. The van der Waals surface area contributed by atoms with Gasteiger partial charge in [0.15, 0.2) is 0 Å². The van der Waals surface area contributed by atoms with Crippen LogP contribution in [0.15, 0.2) is 0 Å². The standard InChI is InChI=1S/C15H25NO3/c1-2-5-12-6-3-9-16(11-12)13(17)10-15(14(18)19)7-4-8-15/h12H,2-11H2,1H3,(H,18,19). The van der Waals surface area contributed by atoms with Gasteiger partial charge in [0, 0.05) is 19.5 Å². The smallest absolute Gasteiger partial charge is 0.310 e. The van der Waals surface area contributed by atoms with E-state index in [0.29, 0.717) is 18.8 Å². The van der Waals surface area contributed by atoms with E-state index in [9.17, 15) is 14.7 Å². The summed E-state index contributed by atoms with van der Waals surface area (Å²) in [6, 6.07) is 0. The van der Waals surface area contributed by atoms with Gasteiger partial charge in [0.05, 0.1) is 5.41 Å². The van der Waals surface area contributed by atoms with Crippen LogP contribution in [0.1, 0.15) is 58.3 Å². The number of likely N-dealkylation sites (tertiary alicyclic amines) is 1. The lowest BCUT2D eigenvalue weighted by Crippen LogP contribution is -2.46. The number of rotatable bonds is 5. The van der Waals surface area contributed by atoms with Crippen molar-refractivity contribution in [1.82, 2.24) is 4.90 Å². The number of carboxylic acid groups (broad SMARTS) is 1. The number of amides is 1. The van der Waals surface area contributed by atoms with Crippen molar-refractivity contribution < 1.29 is 14.7 Å². The average Bonchev–Trinajstić information content (AvgIpc) is 2.34. The molecular formula is C15H25NO3. The Labute approximate surface area is 115 Å². The van der Waals surface area contributed by atoms with E-state index in [1.165, 1.54) is 12.8 Å². The topological polar surface area (TPSA) is 57.6 Å². The van der Waals surface area contributed by atoms with Crippen molar-refractivity contribution in [2.75, 3.05) is 13.1 Å². The Morgan fingerprint density at radius 2 is 2.05 bits per heavy atom. The van der Waals surface area contributed by atoms with Gasteiger partial charge in [-0.3, -0.25) is 9.59 Å². The monoisotopic (exact) mass is 267 g/mol. The summed E-state index contributed by atoms with van der Waals surface area (Å²) < 4.78 is 0. The summed E-state index contributed by atoms with van der Waals surface area (Å²) in [4.78, 5) is 25.6. The first-order chi connectivity index (χ1) is 9.07. The molecule has 2 fully saturated rings. The highest BCUT2D eigenvalue weighted by Crippen LogP contribution is 2.44. The van der Waals surface area contributed by atoms with Crippen LogP contribution >= 0.6 is 0 Å². The van der Waals surface area contributed by atoms with E-state index >= 15 is 0 Å². The number of aliphatic carboxylic acids is 1. The highest BCUT2D eigenvalue weighted by atomic mass is 16.4. The highest BCUT2D eigenvalue weighted by Gasteiger charge is 2.46. The van der Waals surface area contributed by atoms with Gasteiger partial charge in [0.25, 0.3) is 0 Å². The van der Waals surface area contributed by atoms with Gasteiger partial charge < -0.3 is 10.0 Å². The molecule has 0 bridgehead atoms. The molecule has 0 aromatic heterocycles. The fourth-order valence-corrected chi connectivity index (χ4v) is 3.41. The van der Waals surface area contributed by atoms with Gasteiger partial charge in [-0.05, 0) is 38.0 Å². The van der Waals surface area contributed by atoms with Crippen LogP contribution < -0.4 is 0 Å². The van der Waals surface area contributed by atoms with Crippen molar-refractivity contribution in [2.45, 2.75) is 58.3 Å². The fraction of sp³-hybridized carbons (Fsp3) is 0.867. The van der Waals surface area contributed by atoms with Crippen LogP contribution in [0.3, 0.4) is 0 Å². The second-order valence-corrected chi connectivity index (χ2v) is 6.25. The van der Waals surface area contributed by atoms with Crippen molar-refractivity contribution in [2.24, 2.45) is 11.3 Å². The predicted molar refractivity (Wildman–Crippen MR) is 72.7 cm³/mol. The second kappa shape index (κ2) is 5.93. The Hall–Kier alpha value is -1.06. The molecule has 1 saturated heterocycles. The average molecular weight is 267 g/mol. The van der Waals surface area contributed by atoms with Crippen LogP contribution in [-0.2, 0) is 9.59 Å². The molecule has 0 aromatic carbocycles. The van der Waals surface area contributed by atoms with Gasteiger partial charge in [-0.25, -0.2) is 0 Å². The minimum atomic E-state index is -0.783. The zero-order chi connectivity index (χ0) is 13.9. The zero-order valence-electron chi connectivity index (χ0n) is 11.9. The van der Waals surface area contributed by atoms with Gasteiger partial charge in [-0.1, -0.05) is 19.8 Å². The summed E-state index contributed by atoms with van der Waals surface area (Å²) in [7, 11) is 0.